The minimum atomic E-state index is -1.59. The van der Waals surface area contributed by atoms with Crippen LogP contribution in [-0.4, -0.2) is 42.7 Å². The van der Waals surface area contributed by atoms with Gasteiger partial charge in [0.15, 0.2) is 17.7 Å². The zero-order valence-electron chi connectivity index (χ0n) is 11.5. The van der Waals surface area contributed by atoms with E-state index >= 15 is 0 Å². The molecule has 1 aromatic rings. The van der Waals surface area contributed by atoms with Gasteiger partial charge < -0.3 is 21.0 Å². The molecule has 0 fully saturated rings. The number of carbonyl (C=O) groups is 2. The highest BCUT2D eigenvalue weighted by Gasteiger charge is 2.27. The summed E-state index contributed by atoms with van der Waals surface area (Å²) in [4.78, 5) is 26.9. The van der Waals surface area contributed by atoms with E-state index in [4.69, 9.17) is 13.6 Å². The Hall–Kier alpha value is -2.35. The van der Waals surface area contributed by atoms with Crippen molar-refractivity contribution in [3.63, 3.8) is 0 Å². The molecule has 0 aliphatic rings. The van der Waals surface area contributed by atoms with Crippen LogP contribution in [0.4, 0.5) is 4.79 Å². The molecule has 1 amide bonds. The molecule has 110 valence electrons. The molecule has 1 rings (SSSR count). The monoisotopic (exact) mass is 289 g/mol. The normalized spacial score (nSPS) is 14.1. The van der Waals surface area contributed by atoms with Crippen molar-refractivity contribution in [3.8, 4) is 0 Å². The van der Waals surface area contributed by atoms with Crippen LogP contribution in [0.2, 0.25) is 0 Å². The van der Waals surface area contributed by atoms with E-state index < -0.39 is 23.9 Å². The van der Waals surface area contributed by atoms with Crippen LogP contribution in [0, 0.1) is 0 Å². The van der Waals surface area contributed by atoms with Crippen molar-refractivity contribution < 1.29 is 19.5 Å². The first-order valence-electron chi connectivity index (χ1n) is 6.29. The molecular formula is C13H16BN3O4. The molecule has 0 bridgehead atoms. The number of aliphatic hydroxyl groups is 1. The Morgan fingerprint density at radius 3 is 2.57 bits per heavy atom. The number of nitrogens with zero attached hydrogens (tertiary/aromatic N) is 1. The van der Waals surface area contributed by atoms with Crippen LogP contribution < -0.4 is 11.1 Å². The molecule has 7 nitrogen and oxygen atoms in total. The molecule has 2 unspecified atom stereocenters. The fourth-order valence-electron chi connectivity index (χ4n) is 1.56. The Bertz CT molecular complexity index is 521. The largest absolute Gasteiger partial charge is 0.380 e. The van der Waals surface area contributed by atoms with Crippen molar-refractivity contribution in [2.45, 2.75) is 25.5 Å². The van der Waals surface area contributed by atoms with Crippen LogP contribution in [0.5, 0.6) is 0 Å². The molecule has 4 N–H and O–H groups in total. The number of oxime groups is 1. The number of nitrogens with one attached hydrogen (secondary N) is 1. The molecule has 0 aliphatic heterocycles. The van der Waals surface area contributed by atoms with Gasteiger partial charge in [0, 0.05) is 5.56 Å². The third-order valence-corrected chi connectivity index (χ3v) is 2.69. The van der Waals surface area contributed by atoms with E-state index in [9.17, 15) is 14.7 Å². The standard InChI is InChI=1S/C13H16BN3O4/c1-2-9(16-13(14)20)10(18)12(19)21-17-11(15)8-6-4-3-5-7-8/h3-7,9-10,18H,2H2,1H3,(H2,15,17)(H,16,20). The predicted octanol–water partition coefficient (Wildman–Crippen LogP) is -0.132. The Morgan fingerprint density at radius 1 is 1.43 bits per heavy atom. The summed E-state index contributed by atoms with van der Waals surface area (Å²) in [7, 11) is 4.94. The SMILES string of the molecule is [B]C(=O)NC(CC)C(O)C(=O)O/N=C(\N)c1ccccc1. The fourth-order valence-corrected chi connectivity index (χ4v) is 1.56. The second-order valence-corrected chi connectivity index (χ2v) is 4.22. The number of hydrogen-bond acceptors (Lipinski definition) is 5. The number of nitrogens with two attached hydrogens (primary N) is 1. The zero-order valence-corrected chi connectivity index (χ0v) is 11.5. The van der Waals surface area contributed by atoms with Gasteiger partial charge in [-0.2, -0.15) is 0 Å². The summed E-state index contributed by atoms with van der Waals surface area (Å²) in [6.07, 6.45) is -1.30. The summed E-state index contributed by atoms with van der Waals surface area (Å²) < 4.78 is 0. The van der Waals surface area contributed by atoms with E-state index in [1.807, 2.05) is 0 Å². The Labute approximate surface area is 123 Å². The smallest absolute Gasteiger partial charge is 0.365 e. The van der Waals surface area contributed by atoms with Crippen LogP contribution >= 0.6 is 0 Å². The van der Waals surface area contributed by atoms with Gasteiger partial charge in [-0.1, -0.05) is 42.4 Å². The van der Waals surface area contributed by atoms with Crippen LogP contribution in [-0.2, 0) is 9.63 Å². The average Bonchev–Trinajstić information content (AvgIpc) is 2.49. The van der Waals surface area contributed by atoms with E-state index in [0.717, 1.165) is 0 Å². The lowest BCUT2D eigenvalue weighted by atomic mass is 10.0. The maximum absolute atomic E-state index is 11.6. The van der Waals surface area contributed by atoms with Gasteiger partial charge in [-0.15, -0.1) is 0 Å². The predicted molar refractivity (Wildman–Crippen MR) is 77.6 cm³/mol. The molecule has 8 heteroatoms. The summed E-state index contributed by atoms with van der Waals surface area (Å²) >= 11 is 0. The van der Waals surface area contributed by atoms with Crippen LogP contribution in [0.3, 0.4) is 0 Å². The molecule has 0 aromatic heterocycles. The minimum Gasteiger partial charge on any atom is -0.380 e. The van der Waals surface area contributed by atoms with Crippen molar-refractivity contribution >= 4 is 25.5 Å². The van der Waals surface area contributed by atoms with Crippen molar-refractivity contribution in [3.05, 3.63) is 35.9 Å². The summed E-state index contributed by atoms with van der Waals surface area (Å²) in [6.45, 7) is 1.67. The van der Waals surface area contributed by atoms with E-state index in [1.54, 1.807) is 37.3 Å². The van der Waals surface area contributed by atoms with Gasteiger partial charge in [-0.3, -0.25) is 4.79 Å². The second-order valence-electron chi connectivity index (χ2n) is 4.22. The fraction of sp³-hybridized carbons (Fsp3) is 0.308. The summed E-state index contributed by atoms with van der Waals surface area (Å²) in [5.74, 6) is -1.89. The average molecular weight is 289 g/mol. The van der Waals surface area contributed by atoms with Gasteiger partial charge in [-0.05, 0) is 6.42 Å². The number of rotatable bonds is 6. The first kappa shape index (κ1) is 16.7. The van der Waals surface area contributed by atoms with Crippen molar-refractivity contribution in [1.29, 1.82) is 0 Å². The Balaban J connectivity index is 2.65. The third-order valence-electron chi connectivity index (χ3n) is 2.69. The van der Waals surface area contributed by atoms with E-state index in [1.165, 1.54) is 0 Å². The first-order valence-corrected chi connectivity index (χ1v) is 6.29. The zero-order chi connectivity index (χ0) is 15.8. The highest BCUT2D eigenvalue weighted by Crippen LogP contribution is 2.03. The lowest BCUT2D eigenvalue weighted by molar-refractivity contribution is -0.155. The molecule has 21 heavy (non-hydrogen) atoms. The molecule has 2 atom stereocenters. The van der Waals surface area contributed by atoms with Crippen molar-refractivity contribution in [1.82, 2.24) is 5.32 Å². The Kier molecular flexibility index (Phi) is 6.41. The highest BCUT2D eigenvalue weighted by molar-refractivity contribution is 6.57. The first-order chi connectivity index (χ1) is 9.95. The third kappa shape index (κ3) is 5.27. The van der Waals surface area contributed by atoms with E-state index in [-0.39, 0.29) is 12.3 Å². The molecule has 0 saturated heterocycles. The second kappa shape index (κ2) is 8.06. The topological polar surface area (TPSA) is 114 Å². The number of hydrogen-bond donors (Lipinski definition) is 3. The maximum atomic E-state index is 11.6. The molecular weight excluding hydrogens is 273 g/mol. The lowest BCUT2D eigenvalue weighted by Crippen LogP contribution is -2.46. The van der Waals surface area contributed by atoms with Crippen LogP contribution in [0.25, 0.3) is 0 Å². The summed E-state index contributed by atoms with van der Waals surface area (Å²) in [6, 6.07) is 7.81. The molecule has 0 aliphatic carbocycles. The lowest BCUT2D eigenvalue weighted by Gasteiger charge is -2.19. The van der Waals surface area contributed by atoms with E-state index in [0.29, 0.717) is 5.56 Å². The molecule has 2 radical (unpaired) electrons. The number of carbonyl (C=O) groups excluding carboxylic acids is 2. The number of amides is 1. The summed E-state index contributed by atoms with van der Waals surface area (Å²) in [5, 5.41) is 15.4. The van der Waals surface area contributed by atoms with E-state index in [2.05, 4.69) is 15.3 Å². The maximum Gasteiger partial charge on any atom is 0.365 e. The van der Waals surface area contributed by atoms with Crippen LogP contribution in [0.15, 0.2) is 35.5 Å². The Morgan fingerprint density at radius 2 is 2.05 bits per heavy atom. The molecule has 0 heterocycles. The van der Waals surface area contributed by atoms with Crippen LogP contribution in [0.1, 0.15) is 18.9 Å². The number of aliphatic hydroxyl groups excluding tert-OH is 1. The van der Waals surface area contributed by atoms with Gasteiger partial charge in [0.2, 0.25) is 7.85 Å². The molecule has 0 saturated carbocycles. The van der Waals surface area contributed by atoms with Gasteiger partial charge in [-0.25, -0.2) is 4.79 Å². The minimum absolute atomic E-state index is 0.00735. The highest BCUT2D eigenvalue weighted by atomic mass is 16.7. The number of amidine groups is 1. The summed E-state index contributed by atoms with van der Waals surface area (Å²) in [5.41, 5.74) is 6.21. The quantitative estimate of drug-likeness (QED) is 0.222. The van der Waals surface area contributed by atoms with Gasteiger partial charge >= 0.3 is 5.97 Å². The number of benzene rings is 1. The van der Waals surface area contributed by atoms with Gasteiger partial charge in [0.05, 0.1) is 6.04 Å². The molecule has 1 aromatic carbocycles. The van der Waals surface area contributed by atoms with Crippen molar-refractivity contribution in [2.75, 3.05) is 0 Å². The van der Waals surface area contributed by atoms with Gasteiger partial charge in [0.1, 0.15) is 0 Å². The molecule has 0 spiro atoms. The van der Waals surface area contributed by atoms with Crippen molar-refractivity contribution in [2.24, 2.45) is 10.9 Å². The van der Waals surface area contributed by atoms with Gasteiger partial charge in [0.25, 0.3) is 0 Å².